The number of halogens is 3. The molecule has 1 amide bonds. The fourth-order valence-corrected chi connectivity index (χ4v) is 2.21. The van der Waals surface area contributed by atoms with Gasteiger partial charge >= 0.3 is 0 Å². The van der Waals surface area contributed by atoms with Crippen LogP contribution in [-0.4, -0.2) is 10.9 Å². The van der Waals surface area contributed by atoms with Crippen LogP contribution in [0.5, 0.6) is 0 Å². The summed E-state index contributed by atoms with van der Waals surface area (Å²) in [6, 6.07) is 1.86. The van der Waals surface area contributed by atoms with Gasteiger partial charge in [0.15, 0.2) is 0 Å². The molecule has 18 heavy (non-hydrogen) atoms. The van der Waals surface area contributed by atoms with Crippen LogP contribution in [0.4, 0.5) is 14.5 Å². The van der Waals surface area contributed by atoms with Gasteiger partial charge < -0.3 is 11.1 Å². The number of anilines is 1. The van der Waals surface area contributed by atoms with Gasteiger partial charge in [-0.2, -0.15) is 0 Å². The summed E-state index contributed by atoms with van der Waals surface area (Å²) in [5.74, 6) is -2.03. The zero-order valence-corrected chi connectivity index (χ0v) is 11.5. The van der Waals surface area contributed by atoms with Crippen LogP contribution in [0.3, 0.4) is 0 Å². The van der Waals surface area contributed by atoms with Crippen LogP contribution in [0.15, 0.2) is 16.6 Å². The second kappa shape index (κ2) is 4.55. The van der Waals surface area contributed by atoms with E-state index in [-0.39, 0.29) is 15.1 Å². The molecule has 3 nitrogen and oxygen atoms in total. The number of nitrogens with one attached hydrogen (secondary N) is 1. The topological polar surface area (TPSA) is 55.1 Å². The first kappa shape index (κ1) is 13.4. The molecule has 1 saturated carbocycles. The normalized spacial score (nSPS) is 16.2. The minimum atomic E-state index is -0.872. The van der Waals surface area contributed by atoms with E-state index in [1.807, 2.05) is 0 Å². The van der Waals surface area contributed by atoms with Crippen molar-refractivity contribution in [1.29, 1.82) is 0 Å². The molecule has 1 aliphatic rings. The van der Waals surface area contributed by atoms with Gasteiger partial charge in [-0.1, -0.05) is 12.2 Å². The average molecular weight is 335 g/mol. The second-order valence-electron chi connectivity index (χ2n) is 4.15. The van der Waals surface area contributed by atoms with Crippen molar-refractivity contribution in [2.45, 2.75) is 12.8 Å². The smallest absolute Gasteiger partial charge is 0.237 e. The molecule has 7 heteroatoms. The summed E-state index contributed by atoms with van der Waals surface area (Å²) in [6.07, 6.45) is 1.11. The Bertz CT molecular complexity index is 546. The molecule has 0 saturated heterocycles. The van der Waals surface area contributed by atoms with E-state index in [0.29, 0.717) is 18.9 Å². The van der Waals surface area contributed by atoms with Crippen molar-refractivity contribution < 1.29 is 13.6 Å². The first-order valence-corrected chi connectivity index (χ1v) is 6.33. The lowest BCUT2D eigenvalue weighted by Crippen LogP contribution is -2.35. The van der Waals surface area contributed by atoms with Crippen LogP contribution in [0, 0.1) is 17.0 Å². The Morgan fingerprint density at radius 2 is 2.00 bits per heavy atom. The van der Waals surface area contributed by atoms with Gasteiger partial charge in [-0.25, -0.2) is 8.78 Å². The standard InChI is InChI=1S/C11H9BrF2N2OS/c12-5-3-8(7(14)4-6(5)13)16-10(17)11(1-2-11)9(15)18/h3-4H,1-2H2,(H2,15,18)(H,16,17). The predicted molar refractivity (Wildman–Crippen MR) is 71.1 cm³/mol. The number of benzene rings is 1. The molecule has 3 N–H and O–H groups in total. The van der Waals surface area contributed by atoms with Crippen LogP contribution in [0.2, 0.25) is 0 Å². The van der Waals surface area contributed by atoms with E-state index in [1.54, 1.807) is 0 Å². The summed E-state index contributed by atoms with van der Waals surface area (Å²) in [4.78, 5) is 12.0. The van der Waals surface area contributed by atoms with Gasteiger partial charge in [-0.15, -0.1) is 0 Å². The maximum Gasteiger partial charge on any atom is 0.237 e. The van der Waals surface area contributed by atoms with Gasteiger partial charge in [0.25, 0.3) is 0 Å². The van der Waals surface area contributed by atoms with E-state index in [1.165, 1.54) is 0 Å². The van der Waals surface area contributed by atoms with Crippen LogP contribution in [0.25, 0.3) is 0 Å². The molecule has 0 atom stereocenters. The average Bonchev–Trinajstić information content (AvgIpc) is 3.06. The van der Waals surface area contributed by atoms with E-state index >= 15 is 0 Å². The number of nitrogens with two attached hydrogens (primary N) is 1. The minimum absolute atomic E-state index is 0.0689. The van der Waals surface area contributed by atoms with Crippen molar-refractivity contribution in [2.75, 3.05) is 5.32 Å². The molecule has 0 heterocycles. The Balaban J connectivity index is 2.23. The maximum absolute atomic E-state index is 13.5. The van der Waals surface area contributed by atoms with Gasteiger partial charge in [-0.3, -0.25) is 4.79 Å². The van der Waals surface area contributed by atoms with Crippen molar-refractivity contribution in [3.05, 3.63) is 28.2 Å². The molecule has 1 aromatic carbocycles. The number of carbonyl (C=O) groups is 1. The minimum Gasteiger partial charge on any atom is -0.392 e. The monoisotopic (exact) mass is 334 g/mol. The highest BCUT2D eigenvalue weighted by atomic mass is 79.9. The number of hydrogen-bond donors (Lipinski definition) is 2. The third kappa shape index (κ3) is 2.24. The Kier molecular flexibility index (Phi) is 3.37. The summed E-state index contributed by atoms with van der Waals surface area (Å²) in [5.41, 5.74) is 4.51. The lowest BCUT2D eigenvalue weighted by Gasteiger charge is -2.14. The van der Waals surface area contributed by atoms with Gasteiger partial charge in [-0.05, 0) is 34.8 Å². The summed E-state index contributed by atoms with van der Waals surface area (Å²) in [6.45, 7) is 0. The first-order valence-electron chi connectivity index (χ1n) is 5.13. The lowest BCUT2D eigenvalue weighted by molar-refractivity contribution is -0.118. The SMILES string of the molecule is NC(=S)C1(C(=O)Nc2cc(Br)c(F)cc2F)CC1. The van der Waals surface area contributed by atoms with Crippen molar-refractivity contribution in [1.82, 2.24) is 0 Å². The Hall–Kier alpha value is -1.08. The lowest BCUT2D eigenvalue weighted by atomic mass is 10.1. The molecule has 0 spiro atoms. The molecule has 0 aliphatic heterocycles. The molecule has 2 rings (SSSR count). The van der Waals surface area contributed by atoms with Crippen molar-refractivity contribution >= 4 is 44.7 Å². The number of carbonyl (C=O) groups excluding carboxylic acids is 1. The van der Waals surface area contributed by atoms with E-state index in [2.05, 4.69) is 21.2 Å². The predicted octanol–water partition coefficient (Wildman–Crippen LogP) is 2.73. The Morgan fingerprint density at radius 1 is 1.39 bits per heavy atom. The molecule has 0 bridgehead atoms. The van der Waals surface area contributed by atoms with Crippen LogP contribution >= 0.6 is 28.1 Å². The summed E-state index contributed by atoms with van der Waals surface area (Å²) in [5, 5.41) is 2.38. The van der Waals surface area contributed by atoms with Gasteiger partial charge in [0.1, 0.15) is 11.6 Å². The molecule has 96 valence electrons. The highest BCUT2D eigenvalue weighted by Crippen LogP contribution is 2.47. The van der Waals surface area contributed by atoms with Crippen molar-refractivity contribution in [2.24, 2.45) is 11.1 Å². The molecule has 1 fully saturated rings. The number of rotatable bonds is 3. The van der Waals surface area contributed by atoms with Crippen LogP contribution in [-0.2, 0) is 4.79 Å². The van der Waals surface area contributed by atoms with Crippen molar-refractivity contribution in [3.8, 4) is 0 Å². The largest absolute Gasteiger partial charge is 0.392 e. The highest BCUT2D eigenvalue weighted by molar-refractivity contribution is 9.10. The zero-order chi connectivity index (χ0) is 13.5. The third-order valence-electron chi connectivity index (χ3n) is 2.91. The van der Waals surface area contributed by atoms with E-state index in [0.717, 1.165) is 6.07 Å². The van der Waals surface area contributed by atoms with Crippen molar-refractivity contribution in [3.63, 3.8) is 0 Å². The molecule has 0 radical (unpaired) electrons. The van der Waals surface area contributed by atoms with E-state index in [9.17, 15) is 13.6 Å². The van der Waals surface area contributed by atoms with Gasteiger partial charge in [0, 0.05) is 6.07 Å². The summed E-state index contributed by atoms with van der Waals surface area (Å²) < 4.78 is 26.6. The number of hydrogen-bond acceptors (Lipinski definition) is 2. The quantitative estimate of drug-likeness (QED) is 0.660. The van der Waals surface area contributed by atoms with E-state index < -0.39 is 23.0 Å². The Labute approximate surface area is 116 Å². The molecular formula is C11H9BrF2N2OS. The Morgan fingerprint density at radius 3 is 2.50 bits per heavy atom. The fraction of sp³-hybridized carbons (Fsp3) is 0.273. The highest BCUT2D eigenvalue weighted by Gasteiger charge is 2.52. The van der Waals surface area contributed by atoms with Crippen LogP contribution < -0.4 is 11.1 Å². The molecule has 0 aromatic heterocycles. The third-order valence-corrected chi connectivity index (χ3v) is 3.91. The molecule has 1 aromatic rings. The molecular weight excluding hydrogens is 326 g/mol. The summed E-state index contributed by atoms with van der Waals surface area (Å²) >= 11 is 7.74. The van der Waals surface area contributed by atoms with Gasteiger partial charge in [0.05, 0.1) is 20.6 Å². The first-order chi connectivity index (χ1) is 8.36. The van der Waals surface area contributed by atoms with Gasteiger partial charge in [0.2, 0.25) is 5.91 Å². The summed E-state index contributed by atoms with van der Waals surface area (Å²) in [7, 11) is 0. The van der Waals surface area contributed by atoms with Crippen LogP contribution in [0.1, 0.15) is 12.8 Å². The second-order valence-corrected chi connectivity index (χ2v) is 5.44. The zero-order valence-electron chi connectivity index (χ0n) is 9.10. The molecule has 0 unspecified atom stereocenters. The number of thiocarbonyl (C=S) groups is 1. The molecule has 1 aliphatic carbocycles. The van der Waals surface area contributed by atoms with E-state index in [4.69, 9.17) is 18.0 Å². The maximum atomic E-state index is 13.5. The fourth-order valence-electron chi connectivity index (χ4n) is 1.57. The number of amides is 1.